The van der Waals surface area contributed by atoms with Crippen LogP contribution < -0.4 is 10.6 Å². The molecule has 1 fully saturated rings. The maximum Gasteiger partial charge on any atom is 0.190 e. The van der Waals surface area contributed by atoms with Crippen molar-refractivity contribution >= 4 is 29.9 Å². The van der Waals surface area contributed by atoms with Gasteiger partial charge >= 0.3 is 0 Å². The molecule has 0 amide bonds. The average molecular weight is 387 g/mol. The van der Waals surface area contributed by atoms with Crippen molar-refractivity contribution in [3.63, 3.8) is 0 Å². The average Bonchev–Trinajstić information content (AvgIpc) is 2.90. The van der Waals surface area contributed by atoms with Crippen molar-refractivity contribution in [1.82, 2.24) is 10.6 Å². The number of halogens is 1. The number of rotatable bonds is 4. The van der Waals surface area contributed by atoms with Crippen molar-refractivity contribution in [2.75, 3.05) is 20.6 Å². The third-order valence-electron chi connectivity index (χ3n) is 4.18. The largest absolute Gasteiger partial charge is 0.359 e. The molecule has 1 saturated carbocycles. The predicted octanol–water partition coefficient (Wildman–Crippen LogP) is 3.20. The van der Waals surface area contributed by atoms with Gasteiger partial charge in [0.25, 0.3) is 0 Å². The van der Waals surface area contributed by atoms with Crippen LogP contribution in [0.15, 0.2) is 35.3 Å². The zero-order chi connectivity index (χ0) is 13.6. The Morgan fingerprint density at radius 1 is 1.20 bits per heavy atom. The summed E-state index contributed by atoms with van der Waals surface area (Å²) in [5, 5.41) is 6.56. The molecule has 0 bridgehead atoms. The van der Waals surface area contributed by atoms with Crippen LogP contribution in [-0.4, -0.2) is 26.6 Å². The molecule has 0 aliphatic heterocycles. The van der Waals surface area contributed by atoms with Gasteiger partial charge in [-0.2, -0.15) is 0 Å². The monoisotopic (exact) mass is 387 g/mol. The molecule has 0 aromatic heterocycles. The second-order valence-corrected chi connectivity index (χ2v) is 5.55. The lowest BCUT2D eigenvalue weighted by atomic mass is 9.80. The Morgan fingerprint density at radius 2 is 1.85 bits per heavy atom. The molecule has 0 saturated heterocycles. The second-order valence-electron chi connectivity index (χ2n) is 5.55. The van der Waals surface area contributed by atoms with E-state index in [1.165, 1.54) is 37.7 Å². The van der Waals surface area contributed by atoms with Crippen molar-refractivity contribution in [2.24, 2.45) is 10.4 Å². The zero-order valence-electron chi connectivity index (χ0n) is 12.5. The molecule has 0 atom stereocenters. The third kappa shape index (κ3) is 4.65. The van der Waals surface area contributed by atoms with Gasteiger partial charge in [-0.15, -0.1) is 24.0 Å². The van der Waals surface area contributed by atoms with Crippen LogP contribution in [0, 0.1) is 5.41 Å². The molecule has 0 unspecified atom stereocenters. The fourth-order valence-electron chi connectivity index (χ4n) is 3.12. The molecule has 0 radical (unpaired) electrons. The van der Waals surface area contributed by atoms with Gasteiger partial charge in [0.05, 0.1) is 0 Å². The molecule has 2 N–H and O–H groups in total. The van der Waals surface area contributed by atoms with E-state index < -0.39 is 0 Å². The van der Waals surface area contributed by atoms with Crippen LogP contribution in [0.4, 0.5) is 0 Å². The maximum atomic E-state index is 4.20. The van der Waals surface area contributed by atoms with Crippen LogP contribution >= 0.6 is 24.0 Å². The van der Waals surface area contributed by atoms with Crippen LogP contribution in [0.2, 0.25) is 0 Å². The minimum absolute atomic E-state index is 0. The second kappa shape index (κ2) is 8.49. The van der Waals surface area contributed by atoms with Gasteiger partial charge in [0.2, 0.25) is 0 Å². The van der Waals surface area contributed by atoms with Gasteiger partial charge in [0.15, 0.2) is 5.96 Å². The highest BCUT2D eigenvalue weighted by molar-refractivity contribution is 14.0. The van der Waals surface area contributed by atoms with E-state index in [4.69, 9.17) is 0 Å². The highest BCUT2D eigenvalue weighted by atomic mass is 127. The number of aliphatic imine (C=N–C) groups is 1. The fourth-order valence-corrected chi connectivity index (χ4v) is 3.12. The summed E-state index contributed by atoms with van der Waals surface area (Å²) in [4.78, 5) is 4.20. The number of hydrogen-bond acceptors (Lipinski definition) is 1. The van der Waals surface area contributed by atoms with E-state index in [0.717, 1.165) is 12.5 Å². The van der Waals surface area contributed by atoms with Crippen LogP contribution in [-0.2, 0) is 6.42 Å². The first-order valence-electron chi connectivity index (χ1n) is 7.20. The third-order valence-corrected chi connectivity index (χ3v) is 4.18. The minimum Gasteiger partial charge on any atom is -0.359 e. The SMILES string of the molecule is CN=C(NC)NCC1(Cc2ccccc2)CCCC1.I. The van der Waals surface area contributed by atoms with Gasteiger partial charge in [-0.05, 0) is 30.2 Å². The molecular weight excluding hydrogens is 361 g/mol. The topological polar surface area (TPSA) is 36.4 Å². The minimum atomic E-state index is 0. The molecule has 1 aliphatic rings. The summed E-state index contributed by atoms with van der Waals surface area (Å²) >= 11 is 0. The van der Waals surface area contributed by atoms with Crippen LogP contribution in [0.1, 0.15) is 31.2 Å². The lowest BCUT2D eigenvalue weighted by Crippen LogP contribution is -2.42. The van der Waals surface area contributed by atoms with Crippen molar-refractivity contribution in [3.05, 3.63) is 35.9 Å². The molecule has 112 valence electrons. The van der Waals surface area contributed by atoms with Crippen molar-refractivity contribution in [2.45, 2.75) is 32.1 Å². The Kier molecular flexibility index (Phi) is 7.34. The number of nitrogens with one attached hydrogen (secondary N) is 2. The Balaban J connectivity index is 0.00000200. The van der Waals surface area contributed by atoms with E-state index in [0.29, 0.717) is 5.41 Å². The summed E-state index contributed by atoms with van der Waals surface area (Å²) in [7, 11) is 3.73. The van der Waals surface area contributed by atoms with Gasteiger partial charge in [-0.3, -0.25) is 4.99 Å². The standard InChI is InChI=1S/C16H25N3.HI/c1-17-15(18-2)19-13-16(10-6-7-11-16)12-14-8-4-3-5-9-14;/h3-5,8-9H,6-7,10-13H2,1-2H3,(H2,17,18,19);1H. The summed E-state index contributed by atoms with van der Waals surface area (Å²) < 4.78 is 0. The fraction of sp³-hybridized carbons (Fsp3) is 0.562. The van der Waals surface area contributed by atoms with Crippen molar-refractivity contribution in [1.29, 1.82) is 0 Å². The summed E-state index contributed by atoms with van der Waals surface area (Å²) in [6, 6.07) is 10.8. The molecule has 1 aliphatic carbocycles. The smallest absolute Gasteiger partial charge is 0.190 e. The van der Waals surface area contributed by atoms with Crippen molar-refractivity contribution < 1.29 is 0 Å². The molecule has 1 aromatic rings. The molecule has 0 heterocycles. The van der Waals surface area contributed by atoms with Crippen LogP contribution in [0.5, 0.6) is 0 Å². The molecule has 4 heteroatoms. The molecule has 3 nitrogen and oxygen atoms in total. The highest BCUT2D eigenvalue weighted by Crippen LogP contribution is 2.40. The molecule has 2 rings (SSSR count). The zero-order valence-corrected chi connectivity index (χ0v) is 14.8. The van der Waals surface area contributed by atoms with Gasteiger partial charge in [0.1, 0.15) is 0 Å². The molecule has 20 heavy (non-hydrogen) atoms. The molecular formula is C16H26IN3. The Bertz CT molecular complexity index is 411. The summed E-state index contributed by atoms with van der Waals surface area (Å²) in [6.45, 7) is 1.01. The Morgan fingerprint density at radius 3 is 2.40 bits per heavy atom. The summed E-state index contributed by atoms with van der Waals surface area (Å²) in [6.07, 6.45) is 6.51. The first-order valence-corrected chi connectivity index (χ1v) is 7.20. The van der Waals surface area contributed by atoms with E-state index >= 15 is 0 Å². The van der Waals surface area contributed by atoms with E-state index in [-0.39, 0.29) is 24.0 Å². The van der Waals surface area contributed by atoms with Gasteiger partial charge < -0.3 is 10.6 Å². The molecule has 0 spiro atoms. The molecule has 1 aromatic carbocycles. The first-order chi connectivity index (χ1) is 9.28. The Hall–Kier alpha value is -0.780. The van der Waals surface area contributed by atoms with Crippen molar-refractivity contribution in [3.8, 4) is 0 Å². The predicted molar refractivity (Wildman–Crippen MR) is 96.9 cm³/mol. The van der Waals surface area contributed by atoms with E-state index in [1.54, 1.807) is 0 Å². The number of guanidine groups is 1. The number of benzene rings is 1. The number of nitrogens with zero attached hydrogens (tertiary/aromatic N) is 1. The van der Waals surface area contributed by atoms with E-state index in [9.17, 15) is 0 Å². The number of hydrogen-bond donors (Lipinski definition) is 2. The lowest BCUT2D eigenvalue weighted by molar-refractivity contribution is 0.293. The summed E-state index contributed by atoms with van der Waals surface area (Å²) in [5.74, 6) is 0.888. The lowest BCUT2D eigenvalue weighted by Gasteiger charge is -2.30. The summed E-state index contributed by atoms with van der Waals surface area (Å²) in [5.41, 5.74) is 1.85. The Labute approximate surface area is 139 Å². The van der Waals surface area contributed by atoms with E-state index in [1.807, 2.05) is 14.1 Å². The van der Waals surface area contributed by atoms with Gasteiger partial charge in [-0.1, -0.05) is 43.2 Å². The highest BCUT2D eigenvalue weighted by Gasteiger charge is 2.33. The van der Waals surface area contributed by atoms with Crippen LogP contribution in [0.25, 0.3) is 0 Å². The van der Waals surface area contributed by atoms with Crippen LogP contribution in [0.3, 0.4) is 0 Å². The van der Waals surface area contributed by atoms with E-state index in [2.05, 4.69) is 46.0 Å². The first kappa shape index (κ1) is 17.3. The van der Waals surface area contributed by atoms with Gasteiger partial charge in [-0.25, -0.2) is 0 Å². The maximum absolute atomic E-state index is 4.20. The van der Waals surface area contributed by atoms with Gasteiger partial charge in [0, 0.05) is 20.6 Å². The normalized spacial score (nSPS) is 17.4. The quantitative estimate of drug-likeness (QED) is 0.473.